The monoisotopic (exact) mass is 273 g/mol. The molecule has 2 rings (SSSR count). The summed E-state index contributed by atoms with van der Waals surface area (Å²) in [6, 6.07) is 5.08. The Morgan fingerprint density at radius 2 is 2.12 bits per heavy atom. The van der Waals surface area contributed by atoms with Crippen molar-refractivity contribution in [2.45, 2.75) is 4.90 Å². The van der Waals surface area contributed by atoms with Crippen molar-refractivity contribution in [1.82, 2.24) is 4.67 Å². The van der Waals surface area contributed by atoms with Crippen LogP contribution in [0.15, 0.2) is 23.1 Å². The summed E-state index contributed by atoms with van der Waals surface area (Å²) in [5.74, 6) is 1.02. The van der Waals surface area contributed by atoms with Crippen LogP contribution < -0.4 is 9.26 Å². The van der Waals surface area contributed by atoms with E-state index in [9.17, 15) is 9.36 Å². The minimum absolute atomic E-state index is 0.422. The molecule has 1 atom stereocenters. The van der Waals surface area contributed by atoms with Gasteiger partial charge in [-0.05, 0) is 38.0 Å². The van der Waals surface area contributed by atoms with E-state index in [4.69, 9.17) is 9.26 Å². The Labute approximate surface area is 104 Å². The van der Waals surface area contributed by atoms with E-state index in [1.807, 2.05) is 0 Å². The highest BCUT2D eigenvalue weighted by Gasteiger charge is 2.42. The SMILES string of the molecule is COc1ccc2c(c1)OP(=O)(N(C)C)C(=O)S2. The van der Waals surface area contributed by atoms with Gasteiger partial charge >= 0.3 is 12.4 Å². The van der Waals surface area contributed by atoms with Gasteiger partial charge in [0.25, 0.3) is 0 Å². The van der Waals surface area contributed by atoms with Crippen LogP contribution in [0.4, 0.5) is 4.79 Å². The first kappa shape index (κ1) is 12.5. The quantitative estimate of drug-likeness (QED) is 0.772. The number of carbonyl (C=O) groups excluding carboxylic acids is 1. The van der Waals surface area contributed by atoms with Crippen molar-refractivity contribution < 1.29 is 18.6 Å². The molecule has 0 aromatic heterocycles. The highest BCUT2D eigenvalue weighted by atomic mass is 32.2. The van der Waals surface area contributed by atoms with Crippen LogP contribution in [0.5, 0.6) is 11.5 Å². The van der Waals surface area contributed by atoms with E-state index in [-0.39, 0.29) is 0 Å². The zero-order valence-corrected chi connectivity index (χ0v) is 11.4. The zero-order chi connectivity index (χ0) is 12.6. The fourth-order valence-corrected chi connectivity index (χ4v) is 4.27. The van der Waals surface area contributed by atoms with Gasteiger partial charge in [-0.2, -0.15) is 0 Å². The maximum absolute atomic E-state index is 12.3. The van der Waals surface area contributed by atoms with E-state index in [2.05, 4.69) is 0 Å². The highest BCUT2D eigenvalue weighted by Crippen LogP contribution is 2.60. The van der Waals surface area contributed by atoms with Gasteiger partial charge in [-0.1, -0.05) is 0 Å². The number of hydrogen-bond acceptors (Lipinski definition) is 5. The summed E-state index contributed by atoms with van der Waals surface area (Å²) in [6.07, 6.45) is 0. The average molecular weight is 273 g/mol. The molecule has 0 N–H and O–H groups in total. The van der Waals surface area contributed by atoms with Crippen LogP contribution in [-0.2, 0) is 4.57 Å². The van der Waals surface area contributed by atoms with Crippen molar-refractivity contribution in [2.24, 2.45) is 0 Å². The van der Waals surface area contributed by atoms with Crippen LogP contribution in [0, 0.1) is 0 Å². The van der Waals surface area contributed by atoms with Crippen molar-refractivity contribution in [3.8, 4) is 11.5 Å². The van der Waals surface area contributed by atoms with Crippen molar-refractivity contribution in [3.63, 3.8) is 0 Å². The largest absolute Gasteiger partial charge is 0.497 e. The fourth-order valence-electron chi connectivity index (χ4n) is 1.34. The third kappa shape index (κ3) is 2.08. The number of fused-ring (bicyclic) bond motifs is 1. The lowest BCUT2D eigenvalue weighted by Gasteiger charge is -2.28. The summed E-state index contributed by atoms with van der Waals surface area (Å²) in [6.45, 7) is 0. The number of methoxy groups -OCH3 is 1. The molecule has 7 heteroatoms. The second-order valence-corrected chi connectivity index (χ2v) is 7.39. The molecule has 0 saturated carbocycles. The molecule has 1 aliphatic heterocycles. The number of hydrogen-bond donors (Lipinski definition) is 0. The first-order chi connectivity index (χ1) is 7.97. The highest BCUT2D eigenvalue weighted by molar-refractivity contribution is 8.26. The number of thioether (sulfide) groups is 1. The molecule has 17 heavy (non-hydrogen) atoms. The summed E-state index contributed by atoms with van der Waals surface area (Å²) in [5, 5.41) is 0. The number of nitrogens with zero attached hydrogens (tertiary/aromatic N) is 1. The third-order valence-corrected chi connectivity index (χ3v) is 5.98. The summed E-state index contributed by atoms with van der Waals surface area (Å²) in [4.78, 5) is 12.0. The molecule has 0 bridgehead atoms. The van der Waals surface area contributed by atoms with Crippen LogP contribution in [0.25, 0.3) is 0 Å². The van der Waals surface area contributed by atoms with E-state index in [1.165, 1.54) is 11.8 Å². The predicted octanol–water partition coefficient (Wildman–Crippen LogP) is 3.05. The van der Waals surface area contributed by atoms with Crippen LogP contribution in [-0.4, -0.2) is 30.7 Å². The summed E-state index contributed by atoms with van der Waals surface area (Å²) in [5.41, 5.74) is 0. The molecule has 0 aliphatic carbocycles. The first-order valence-electron chi connectivity index (χ1n) is 4.85. The van der Waals surface area contributed by atoms with Crippen LogP contribution in [0.3, 0.4) is 0 Å². The smallest absolute Gasteiger partial charge is 0.395 e. The van der Waals surface area contributed by atoms with E-state index in [1.54, 1.807) is 32.3 Å². The normalized spacial score (nSPS) is 23.2. The molecule has 1 aromatic rings. The molecular weight excluding hydrogens is 261 g/mol. The van der Waals surface area contributed by atoms with Crippen LogP contribution in [0.2, 0.25) is 0 Å². The van der Waals surface area contributed by atoms with E-state index >= 15 is 0 Å². The van der Waals surface area contributed by atoms with Crippen molar-refractivity contribution in [1.29, 1.82) is 0 Å². The Hall–Kier alpha value is -0.970. The maximum Gasteiger partial charge on any atom is 0.395 e. The number of ether oxygens (including phenoxy) is 1. The lowest BCUT2D eigenvalue weighted by Crippen LogP contribution is -2.20. The van der Waals surface area contributed by atoms with Crippen LogP contribution >= 0.6 is 19.3 Å². The molecular formula is C10H12NO4PS. The number of carbonyl (C=O) groups is 1. The van der Waals surface area contributed by atoms with Gasteiger partial charge < -0.3 is 9.26 Å². The Balaban J connectivity index is 2.45. The minimum Gasteiger partial charge on any atom is -0.497 e. The number of benzene rings is 1. The Morgan fingerprint density at radius 3 is 2.71 bits per heavy atom. The molecule has 1 heterocycles. The summed E-state index contributed by atoms with van der Waals surface area (Å²) in [7, 11) is 1.22. The topological polar surface area (TPSA) is 55.8 Å². The third-order valence-electron chi connectivity index (χ3n) is 2.33. The second kappa shape index (κ2) is 4.37. The van der Waals surface area contributed by atoms with Gasteiger partial charge in [0.1, 0.15) is 11.5 Å². The lowest BCUT2D eigenvalue weighted by atomic mass is 10.3. The average Bonchev–Trinajstić information content (AvgIpc) is 2.29. The lowest BCUT2D eigenvalue weighted by molar-refractivity contribution is 0.268. The first-order valence-corrected chi connectivity index (χ1v) is 7.24. The van der Waals surface area contributed by atoms with E-state index in [0.717, 1.165) is 11.8 Å². The Morgan fingerprint density at radius 1 is 1.41 bits per heavy atom. The van der Waals surface area contributed by atoms with Gasteiger partial charge in [-0.15, -0.1) is 0 Å². The van der Waals surface area contributed by atoms with Gasteiger partial charge in [-0.3, -0.25) is 9.36 Å². The van der Waals surface area contributed by atoms with E-state index in [0.29, 0.717) is 16.4 Å². The van der Waals surface area contributed by atoms with Crippen LogP contribution in [0.1, 0.15) is 0 Å². The summed E-state index contributed by atoms with van der Waals surface area (Å²) >= 11 is 0.942. The van der Waals surface area contributed by atoms with Crippen molar-refractivity contribution in [2.75, 3.05) is 21.2 Å². The van der Waals surface area contributed by atoms with Gasteiger partial charge in [-0.25, -0.2) is 4.67 Å². The Kier molecular flexibility index (Phi) is 3.21. The molecule has 1 unspecified atom stereocenters. The minimum atomic E-state index is -3.44. The molecule has 0 fully saturated rings. The molecule has 0 radical (unpaired) electrons. The molecule has 1 aliphatic rings. The van der Waals surface area contributed by atoms with Gasteiger partial charge in [0.15, 0.2) is 0 Å². The maximum atomic E-state index is 12.3. The molecule has 92 valence electrons. The predicted molar refractivity (Wildman–Crippen MR) is 66.2 cm³/mol. The van der Waals surface area contributed by atoms with Gasteiger partial charge in [0.2, 0.25) is 0 Å². The fraction of sp³-hybridized carbons (Fsp3) is 0.300. The zero-order valence-electron chi connectivity index (χ0n) is 9.67. The number of rotatable bonds is 2. The molecule has 0 saturated heterocycles. The molecule has 5 nitrogen and oxygen atoms in total. The molecule has 1 aromatic carbocycles. The second-order valence-electron chi connectivity index (χ2n) is 3.64. The summed E-state index contributed by atoms with van der Waals surface area (Å²) < 4.78 is 24.1. The van der Waals surface area contributed by atoms with Gasteiger partial charge in [0, 0.05) is 6.07 Å². The molecule has 0 amide bonds. The van der Waals surface area contributed by atoms with Crippen molar-refractivity contribution in [3.05, 3.63) is 18.2 Å². The van der Waals surface area contributed by atoms with E-state index < -0.39 is 12.4 Å². The van der Waals surface area contributed by atoms with Gasteiger partial charge in [0.05, 0.1) is 12.0 Å². The standard InChI is InChI=1S/C10H12NO4PS/c1-11(2)16(13)10(12)17-9-5-4-7(14-3)6-8(9)15-16/h4-6H,1-3H3. The molecule has 0 spiro atoms. The van der Waals surface area contributed by atoms with Crippen molar-refractivity contribution >= 4 is 24.1 Å². The Bertz CT molecular complexity index is 517.